The summed E-state index contributed by atoms with van der Waals surface area (Å²) in [7, 11) is 0. The Labute approximate surface area is 244 Å². The number of hydrogen-bond donors (Lipinski definition) is 2. The molecule has 212 valence electrons. The molecule has 0 atom stereocenters. The fourth-order valence-corrected chi connectivity index (χ4v) is 6.54. The van der Waals surface area contributed by atoms with E-state index in [1.54, 1.807) is 6.20 Å². The van der Waals surface area contributed by atoms with Crippen LogP contribution < -0.4 is 5.73 Å². The number of hydrogen-bond acceptors (Lipinski definition) is 6. The average Bonchev–Trinajstić information content (AvgIpc) is 3.38. The molecule has 0 spiro atoms. The second kappa shape index (κ2) is 11.0. The maximum absolute atomic E-state index is 11.3. The van der Waals surface area contributed by atoms with Crippen LogP contribution in [0.1, 0.15) is 37.2 Å². The highest BCUT2D eigenvalue weighted by atomic mass is 16.4. The van der Waals surface area contributed by atoms with E-state index < -0.39 is 5.97 Å². The van der Waals surface area contributed by atoms with E-state index in [2.05, 4.69) is 50.8 Å². The van der Waals surface area contributed by atoms with Gasteiger partial charge in [-0.3, -0.25) is 9.36 Å². The monoisotopic (exact) mass is 558 g/mol. The van der Waals surface area contributed by atoms with Crippen LogP contribution in [0.3, 0.4) is 0 Å². The molecular weight excluding hydrogens is 524 g/mol. The van der Waals surface area contributed by atoms with Gasteiger partial charge < -0.3 is 15.7 Å². The Bertz CT molecular complexity index is 1720. The lowest BCUT2D eigenvalue weighted by molar-refractivity contribution is -0.143. The van der Waals surface area contributed by atoms with Gasteiger partial charge in [-0.2, -0.15) is 0 Å². The molecule has 0 amide bonds. The zero-order valence-corrected chi connectivity index (χ0v) is 23.4. The number of carbonyl (C=O) groups is 1. The number of rotatable bonds is 7. The molecule has 1 aliphatic carbocycles. The molecule has 0 unspecified atom stereocenters. The molecule has 42 heavy (non-hydrogen) atoms. The molecule has 1 saturated heterocycles. The number of likely N-dealkylation sites (tertiary alicyclic amines) is 1. The van der Waals surface area contributed by atoms with E-state index in [-0.39, 0.29) is 5.92 Å². The van der Waals surface area contributed by atoms with Crippen LogP contribution in [0.2, 0.25) is 0 Å². The second-order valence-corrected chi connectivity index (χ2v) is 11.7. The van der Waals surface area contributed by atoms with Gasteiger partial charge in [0, 0.05) is 43.0 Å². The fraction of sp³-hybridized carbons (Fsp3) is 0.294. The highest BCUT2D eigenvalue weighted by Gasteiger charge is 2.32. The van der Waals surface area contributed by atoms with E-state index in [1.165, 1.54) is 5.56 Å². The number of benzene rings is 2. The normalized spacial score (nSPS) is 19.5. The maximum Gasteiger partial charge on any atom is 0.306 e. The Hall–Kier alpha value is -4.56. The molecule has 0 radical (unpaired) electrons. The molecule has 8 heteroatoms. The number of imidazole rings is 1. The molecule has 1 aliphatic heterocycles. The summed E-state index contributed by atoms with van der Waals surface area (Å²) in [6, 6.07) is 26.8. The summed E-state index contributed by atoms with van der Waals surface area (Å²) in [5.74, 6) is 1.49. The Morgan fingerprint density at radius 1 is 0.881 bits per heavy atom. The zero-order chi connectivity index (χ0) is 28.6. The number of nitrogens with zero attached hydrogens (tertiary/aromatic N) is 5. The van der Waals surface area contributed by atoms with Crippen LogP contribution in [-0.4, -0.2) is 55.1 Å². The van der Waals surface area contributed by atoms with Gasteiger partial charge in [-0.05, 0) is 73.6 Å². The molecule has 2 aliphatic rings. The van der Waals surface area contributed by atoms with Crippen LogP contribution in [0, 0.1) is 11.8 Å². The lowest BCUT2D eigenvalue weighted by Gasteiger charge is -2.42. The molecular formula is C34H34N6O2. The molecule has 3 aromatic heterocycles. The van der Waals surface area contributed by atoms with E-state index in [1.807, 2.05) is 42.5 Å². The van der Waals surface area contributed by atoms with Crippen LogP contribution in [0.5, 0.6) is 0 Å². The largest absolute Gasteiger partial charge is 0.481 e. The zero-order valence-electron chi connectivity index (χ0n) is 23.4. The summed E-state index contributed by atoms with van der Waals surface area (Å²) in [4.78, 5) is 28.1. The summed E-state index contributed by atoms with van der Waals surface area (Å²) in [5, 5.41) is 9.27. The Morgan fingerprint density at radius 2 is 1.64 bits per heavy atom. The van der Waals surface area contributed by atoms with E-state index in [0.29, 0.717) is 23.5 Å². The van der Waals surface area contributed by atoms with Gasteiger partial charge in [-0.25, -0.2) is 15.0 Å². The summed E-state index contributed by atoms with van der Waals surface area (Å²) >= 11 is 0. The van der Waals surface area contributed by atoms with Crippen molar-refractivity contribution in [2.24, 2.45) is 11.8 Å². The molecule has 1 saturated carbocycles. The van der Waals surface area contributed by atoms with Crippen molar-refractivity contribution >= 4 is 23.0 Å². The molecule has 0 bridgehead atoms. The topological polar surface area (TPSA) is 110 Å². The predicted molar refractivity (Wildman–Crippen MR) is 164 cm³/mol. The summed E-state index contributed by atoms with van der Waals surface area (Å²) in [6.07, 6.45) is 5.37. The van der Waals surface area contributed by atoms with E-state index in [9.17, 15) is 9.90 Å². The van der Waals surface area contributed by atoms with Crippen molar-refractivity contribution in [3.63, 3.8) is 0 Å². The van der Waals surface area contributed by atoms with Crippen LogP contribution in [0.4, 0.5) is 5.82 Å². The van der Waals surface area contributed by atoms with Gasteiger partial charge in [0.15, 0.2) is 11.5 Å². The van der Waals surface area contributed by atoms with Crippen LogP contribution in [-0.2, 0) is 4.79 Å². The third kappa shape index (κ3) is 5.03. The van der Waals surface area contributed by atoms with E-state index in [0.717, 1.165) is 79.0 Å². The van der Waals surface area contributed by atoms with Crippen LogP contribution >= 0.6 is 0 Å². The summed E-state index contributed by atoms with van der Waals surface area (Å²) < 4.78 is 2.08. The lowest BCUT2D eigenvalue weighted by atomic mass is 9.80. The minimum absolute atomic E-state index is 0.147. The SMILES string of the molecule is Nc1ncccc1-c1nc2ccc(-c3ccccc3)nc2n1-c1ccc(C2CN(CC3CCC(C(=O)O)CC3)C2)cc1. The molecule has 5 aromatic rings. The Kier molecular flexibility index (Phi) is 6.91. The number of aliphatic carboxylic acids is 1. The van der Waals surface area contributed by atoms with Gasteiger partial charge in [0.25, 0.3) is 0 Å². The van der Waals surface area contributed by atoms with Gasteiger partial charge in [0.1, 0.15) is 11.3 Å². The molecule has 3 N–H and O–H groups in total. The van der Waals surface area contributed by atoms with E-state index in [4.69, 9.17) is 15.7 Å². The first-order valence-electron chi connectivity index (χ1n) is 14.7. The maximum atomic E-state index is 11.3. The number of nitrogen functional groups attached to an aromatic ring is 1. The summed E-state index contributed by atoms with van der Waals surface area (Å²) in [6.45, 7) is 3.17. The smallest absolute Gasteiger partial charge is 0.306 e. The predicted octanol–water partition coefficient (Wildman–Crippen LogP) is 6.02. The minimum atomic E-state index is -0.631. The molecule has 2 aromatic carbocycles. The van der Waals surface area contributed by atoms with Gasteiger partial charge in [0.05, 0.1) is 17.2 Å². The van der Waals surface area contributed by atoms with Crippen molar-refractivity contribution in [1.29, 1.82) is 0 Å². The van der Waals surface area contributed by atoms with Crippen molar-refractivity contribution in [1.82, 2.24) is 24.4 Å². The van der Waals surface area contributed by atoms with Gasteiger partial charge in [-0.1, -0.05) is 42.5 Å². The van der Waals surface area contributed by atoms with Crippen molar-refractivity contribution < 1.29 is 9.90 Å². The molecule has 4 heterocycles. The lowest BCUT2D eigenvalue weighted by Crippen LogP contribution is -2.47. The third-order valence-corrected chi connectivity index (χ3v) is 8.95. The number of anilines is 1. The number of pyridine rings is 2. The standard InChI is InChI=1S/C34H34N6O2/c35-31-28(7-4-18-36-31)32-38-30-17-16-29(24-5-2-1-3-6-24)37-33(30)40(32)27-14-12-23(13-15-27)26-20-39(21-26)19-22-8-10-25(11-9-22)34(41)42/h1-7,12-18,22,25-26H,8-11,19-21H2,(H2,35,36)(H,41,42). The quantitative estimate of drug-likeness (QED) is 0.251. The molecule has 8 nitrogen and oxygen atoms in total. The summed E-state index contributed by atoms with van der Waals surface area (Å²) in [5.41, 5.74) is 12.9. The van der Waals surface area contributed by atoms with Crippen LogP contribution in [0.15, 0.2) is 85.1 Å². The number of fused-ring (bicyclic) bond motifs is 1. The number of nitrogens with two attached hydrogens (primary N) is 1. The van der Waals surface area contributed by atoms with Gasteiger partial charge in [0.2, 0.25) is 0 Å². The highest BCUT2D eigenvalue weighted by molar-refractivity contribution is 5.84. The number of carboxylic acid groups (broad SMARTS) is 1. The Morgan fingerprint density at radius 3 is 2.36 bits per heavy atom. The highest BCUT2D eigenvalue weighted by Crippen LogP contribution is 2.35. The first-order valence-corrected chi connectivity index (χ1v) is 14.7. The first kappa shape index (κ1) is 26.3. The minimum Gasteiger partial charge on any atom is -0.481 e. The average molecular weight is 559 g/mol. The van der Waals surface area contributed by atoms with Gasteiger partial charge in [-0.15, -0.1) is 0 Å². The fourth-order valence-electron chi connectivity index (χ4n) is 6.54. The second-order valence-electron chi connectivity index (χ2n) is 11.7. The first-order chi connectivity index (χ1) is 20.5. The molecule has 7 rings (SSSR count). The van der Waals surface area contributed by atoms with Crippen molar-refractivity contribution in [3.8, 4) is 28.3 Å². The number of aromatic nitrogens is 4. The van der Waals surface area contributed by atoms with Crippen molar-refractivity contribution in [2.45, 2.75) is 31.6 Å². The Balaban J connectivity index is 1.14. The third-order valence-electron chi connectivity index (χ3n) is 8.95. The van der Waals surface area contributed by atoms with Gasteiger partial charge >= 0.3 is 5.97 Å². The van der Waals surface area contributed by atoms with Crippen molar-refractivity contribution in [2.75, 3.05) is 25.4 Å². The molecule has 2 fully saturated rings. The van der Waals surface area contributed by atoms with Crippen LogP contribution in [0.25, 0.3) is 39.5 Å². The van der Waals surface area contributed by atoms with Crippen molar-refractivity contribution in [3.05, 3.63) is 90.6 Å². The number of carboxylic acids is 1. The van der Waals surface area contributed by atoms with E-state index >= 15 is 0 Å².